The van der Waals surface area contributed by atoms with Gasteiger partial charge in [0.15, 0.2) is 0 Å². The molecule has 0 aromatic heterocycles. The Kier molecular flexibility index (Phi) is 18.5. The van der Waals surface area contributed by atoms with Crippen molar-refractivity contribution in [3.63, 3.8) is 0 Å². The molecule has 0 rings (SSSR count). The van der Waals surface area contributed by atoms with Crippen molar-refractivity contribution in [2.45, 2.75) is 33.6 Å². The van der Waals surface area contributed by atoms with Crippen molar-refractivity contribution in [3.05, 3.63) is 0 Å². The van der Waals surface area contributed by atoms with Gasteiger partial charge >= 0.3 is 0 Å². The zero-order chi connectivity index (χ0) is 19.5. The third-order valence-corrected chi connectivity index (χ3v) is 3.88. The van der Waals surface area contributed by atoms with Crippen molar-refractivity contribution >= 4 is 5.91 Å². The number of nitrogens with one attached hydrogen (secondary N) is 1. The number of nitrogens with zero attached hydrogens (tertiary/aromatic N) is 1. The highest BCUT2D eigenvalue weighted by molar-refractivity contribution is 5.78. The Hall–Kier alpha value is -0.730. The number of carbonyl (C=O) groups is 1. The number of hydrogen-bond donors (Lipinski definition) is 1. The van der Waals surface area contributed by atoms with E-state index >= 15 is 0 Å². The number of rotatable bonds is 19. The summed E-state index contributed by atoms with van der Waals surface area (Å²) in [5.74, 6) is 0.279. The lowest BCUT2D eigenvalue weighted by atomic mass is 10.1. The van der Waals surface area contributed by atoms with Crippen LogP contribution in [0.25, 0.3) is 0 Å². The maximum Gasteiger partial charge on any atom is 0.225 e. The molecule has 0 saturated carbocycles. The predicted octanol–water partition coefficient (Wildman–Crippen LogP) is 1.56. The summed E-state index contributed by atoms with van der Waals surface area (Å²) in [6.07, 6.45) is 1.96. The van der Waals surface area contributed by atoms with Gasteiger partial charge in [-0.3, -0.25) is 4.79 Å². The molecule has 156 valence electrons. The molecule has 0 spiro atoms. The van der Waals surface area contributed by atoms with Gasteiger partial charge in [-0.05, 0) is 13.0 Å². The molecule has 0 aliphatic heterocycles. The minimum absolute atomic E-state index is 0.0896. The number of carbonyl (C=O) groups excluding carboxylic acids is 1. The van der Waals surface area contributed by atoms with Crippen molar-refractivity contribution in [1.29, 1.82) is 0 Å². The highest BCUT2D eigenvalue weighted by Gasteiger charge is 2.15. The molecule has 7 heteroatoms. The molecular formula is C19H40N2O5. The Labute approximate surface area is 159 Å². The Balaban J connectivity index is 3.27. The third kappa shape index (κ3) is 15.5. The molecule has 0 radical (unpaired) electrons. The summed E-state index contributed by atoms with van der Waals surface area (Å²) in [5.41, 5.74) is 0. The Bertz CT molecular complexity index is 318. The molecule has 0 aromatic carbocycles. The van der Waals surface area contributed by atoms with Crippen LogP contribution < -0.4 is 5.32 Å². The minimum atomic E-state index is 0.0896. The van der Waals surface area contributed by atoms with Gasteiger partial charge in [0.1, 0.15) is 0 Å². The summed E-state index contributed by atoms with van der Waals surface area (Å²) < 4.78 is 21.7. The van der Waals surface area contributed by atoms with Crippen LogP contribution in [-0.4, -0.2) is 90.3 Å². The van der Waals surface area contributed by atoms with E-state index in [-0.39, 0.29) is 11.8 Å². The molecule has 7 nitrogen and oxygen atoms in total. The van der Waals surface area contributed by atoms with Crippen molar-refractivity contribution in [2.75, 3.05) is 79.5 Å². The zero-order valence-corrected chi connectivity index (χ0v) is 17.3. The van der Waals surface area contributed by atoms with Crippen molar-refractivity contribution in [3.8, 4) is 0 Å². The number of likely N-dealkylation sites (N-methyl/N-ethyl adjacent to an activating group) is 2. The minimum Gasteiger partial charge on any atom is -0.378 e. The molecule has 0 aliphatic carbocycles. The molecule has 0 aliphatic rings. The molecule has 0 saturated heterocycles. The van der Waals surface area contributed by atoms with Crippen LogP contribution in [0.5, 0.6) is 0 Å². The molecule has 1 unspecified atom stereocenters. The van der Waals surface area contributed by atoms with E-state index in [1.54, 1.807) is 4.90 Å². The van der Waals surface area contributed by atoms with Gasteiger partial charge in [-0.15, -0.1) is 0 Å². The van der Waals surface area contributed by atoms with E-state index in [4.69, 9.17) is 18.9 Å². The molecule has 0 aromatic rings. The first-order chi connectivity index (χ1) is 12.6. The van der Waals surface area contributed by atoms with Gasteiger partial charge in [-0.2, -0.15) is 0 Å². The topological polar surface area (TPSA) is 69.3 Å². The van der Waals surface area contributed by atoms with Gasteiger partial charge in [0, 0.05) is 26.1 Å². The molecule has 1 atom stereocenters. The van der Waals surface area contributed by atoms with Crippen LogP contribution in [0.2, 0.25) is 0 Å². The average molecular weight is 377 g/mol. The van der Waals surface area contributed by atoms with Gasteiger partial charge in [-0.25, -0.2) is 0 Å². The number of ether oxygens (including phenoxy) is 4. The van der Waals surface area contributed by atoms with E-state index in [1.807, 2.05) is 14.0 Å². The summed E-state index contributed by atoms with van der Waals surface area (Å²) in [6, 6.07) is 0. The van der Waals surface area contributed by atoms with Gasteiger partial charge in [0.05, 0.1) is 52.9 Å². The number of hydrogen-bond acceptors (Lipinski definition) is 6. The highest BCUT2D eigenvalue weighted by atomic mass is 16.6. The summed E-state index contributed by atoms with van der Waals surface area (Å²) in [4.78, 5) is 13.8. The van der Waals surface area contributed by atoms with Crippen LogP contribution >= 0.6 is 0 Å². The van der Waals surface area contributed by atoms with Gasteiger partial charge in [0.2, 0.25) is 5.91 Å². The Morgan fingerprint density at radius 2 is 1.38 bits per heavy atom. The van der Waals surface area contributed by atoms with Crippen LogP contribution in [-0.2, 0) is 23.7 Å². The number of amides is 1. The first-order valence-electron chi connectivity index (χ1n) is 9.90. The van der Waals surface area contributed by atoms with Gasteiger partial charge in [-0.1, -0.05) is 27.2 Å². The Morgan fingerprint density at radius 1 is 0.885 bits per heavy atom. The largest absolute Gasteiger partial charge is 0.378 e. The highest BCUT2D eigenvalue weighted by Crippen LogP contribution is 2.08. The van der Waals surface area contributed by atoms with E-state index in [0.717, 1.165) is 25.9 Å². The fourth-order valence-corrected chi connectivity index (χ4v) is 2.33. The smallest absolute Gasteiger partial charge is 0.225 e. The molecule has 1 amide bonds. The Morgan fingerprint density at radius 3 is 1.88 bits per heavy atom. The first-order valence-corrected chi connectivity index (χ1v) is 9.90. The summed E-state index contributed by atoms with van der Waals surface area (Å²) in [6.45, 7) is 13.2. The van der Waals surface area contributed by atoms with Crippen LogP contribution in [0.3, 0.4) is 0 Å². The molecule has 0 bridgehead atoms. The van der Waals surface area contributed by atoms with Crippen LogP contribution in [0.1, 0.15) is 33.6 Å². The summed E-state index contributed by atoms with van der Waals surface area (Å²) >= 11 is 0. The second kappa shape index (κ2) is 19.0. The van der Waals surface area contributed by atoms with E-state index in [0.29, 0.717) is 59.4 Å². The van der Waals surface area contributed by atoms with E-state index in [1.165, 1.54) is 0 Å². The first kappa shape index (κ1) is 25.3. The molecule has 0 heterocycles. The SMILES string of the molecule is CCCC(C)C(=O)N(C)CCOCCOCCOCCOCCNCC. The van der Waals surface area contributed by atoms with Crippen molar-refractivity contribution < 1.29 is 23.7 Å². The average Bonchev–Trinajstić information content (AvgIpc) is 2.64. The standard InChI is InChI=1S/C19H40N2O5/c1-5-7-18(3)19(22)21(4)9-11-24-13-15-26-17-16-25-14-12-23-10-8-20-6-2/h18,20H,5-17H2,1-4H3. The fraction of sp³-hybridized carbons (Fsp3) is 0.947. The normalized spacial score (nSPS) is 12.3. The zero-order valence-electron chi connectivity index (χ0n) is 17.3. The summed E-state index contributed by atoms with van der Waals surface area (Å²) in [5, 5.41) is 3.19. The molecule has 0 fully saturated rings. The fourth-order valence-electron chi connectivity index (χ4n) is 2.33. The van der Waals surface area contributed by atoms with Crippen LogP contribution in [0.4, 0.5) is 0 Å². The van der Waals surface area contributed by atoms with E-state index < -0.39 is 0 Å². The van der Waals surface area contributed by atoms with E-state index in [9.17, 15) is 4.79 Å². The van der Waals surface area contributed by atoms with Crippen molar-refractivity contribution in [2.24, 2.45) is 5.92 Å². The second-order valence-corrected chi connectivity index (χ2v) is 6.25. The van der Waals surface area contributed by atoms with Crippen molar-refractivity contribution in [1.82, 2.24) is 10.2 Å². The quantitative estimate of drug-likeness (QED) is 0.345. The van der Waals surface area contributed by atoms with Gasteiger partial charge in [0.25, 0.3) is 0 Å². The maximum absolute atomic E-state index is 12.0. The van der Waals surface area contributed by atoms with E-state index in [2.05, 4.69) is 19.2 Å². The molecule has 26 heavy (non-hydrogen) atoms. The van der Waals surface area contributed by atoms with Gasteiger partial charge < -0.3 is 29.2 Å². The lowest BCUT2D eigenvalue weighted by Crippen LogP contribution is -2.34. The lowest BCUT2D eigenvalue weighted by molar-refractivity contribution is -0.134. The maximum atomic E-state index is 12.0. The lowest BCUT2D eigenvalue weighted by Gasteiger charge is -2.21. The third-order valence-electron chi connectivity index (χ3n) is 3.88. The second-order valence-electron chi connectivity index (χ2n) is 6.25. The van der Waals surface area contributed by atoms with Crippen LogP contribution in [0.15, 0.2) is 0 Å². The molecule has 1 N–H and O–H groups in total. The summed E-state index contributed by atoms with van der Waals surface area (Å²) in [7, 11) is 1.83. The monoisotopic (exact) mass is 376 g/mol. The molecular weight excluding hydrogens is 336 g/mol. The predicted molar refractivity (Wildman–Crippen MR) is 104 cm³/mol. The van der Waals surface area contributed by atoms with Crippen LogP contribution in [0, 0.1) is 5.92 Å².